The van der Waals surface area contributed by atoms with E-state index >= 15 is 0 Å². The van der Waals surface area contributed by atoms with Gasteiger partial charge in [-0.3, -0.25) is 13.7 Å². The zero-order valence-electron chi connectivity index (χ0n) is 22.5. The molecule has 45 heavy (non-hydrogen) atoms. The highest BCUT2D eigenvalue weighted by Crippen LogP contribution is 2.39. The molecule has 4 aromatic rings. The van der Waals surface area contributed by atoms with E-state index in [1.165, 1.54) is 12.1 Å². The van der Waals surface area contributed by atoms with E-state index in [1.807, 2.05) is 0 Å². The molecule has 0 radical (unpaired) electrons. The molecule has 0 saturated heterocycles. The highest BCUT2D eigenvalue weighted by Gasteiger charge is 2.22. The molecule has 0 saturated carbocycles. The molecule has 0 fully saturated rings. The second-order valence-electron chi connectivity index (χ2n) is 10.4. The number of rotatable bonds is 3. The third-order valence-electron chi connectivity index (χ3n) is 7.30. The molecule has 4 N–H and O–H groups in total. The maximum atomic E-state index is 13.6. The maximum Gasteiger partial charge on any atom is 0.294 e. The van der Waals surface area contributed by atoms with E-state index < -0.39 is 93.7 Å². The van der Waals surface area contributed by atoms with Crippen LogP contribution in [0.25, 0.3) is 0 Å². The first-order valence-corrected chi connectivity index (χ1v) is 17.7. The molecule has 0 aliphatic heterocycles. The second kappa shape index (κ2) is 11.3. The molecule has 13 nitrogen and oxygen atoms in total. The number of hydrogen-bond donors (Lipinski definition) is 4. The summed E-state index contributed by atoms with van der Waals surface area (Å²) in [5, 5.41) is 51.8. The van der Waals surface area contributed by atoms with Gasteiger partial charge in [0.2, 0.25) is 0 Å². The van der Waals surface area contributed by atoms with Crippen LogP contribution < -0.4 is 15.3 Å². The Kier molecular flexibility index (Phi) is 8.18. The number of aromatic hydroxyl groups is 1. The van der Waals surface area contributed by atoms with Gasteiger partial charge >= 0.3 is 0 Å². The van der Waals surface area contributed by atoms with E-state index in [2.05, 4.69) is 15.9 Å². The van der Waals surface area contributed by atoms with Crippen LogP contribution in [0.15, 0.2) is 67.7 Å². The zero-order chi connectivity index (χ0) is 33.2. The normalized spacial score (nSPS) is 13.9. The second-order valence-corrected chi connectivity index (χ2v) is 15.6. The Hall–Kier alpha value is -3.71. The summed E-state index contributed by atoms with van der Waals surface area (Å²) in [6.07, 6.45) is -2.23. The lowest BCUT2D eigenvalue weighted by Crippen LogP contribution is -2.12. The highest BCUT2D eigenvalue weighted by molar-refractivity contribution is 9.10. The summed E-state index contributed by atoms with van der Waals surface area (Å²) in [5.74, 6) is -2.93. The summed E-state index contributed by atoms with van der Waals surface area (Å²) in [7, 11) is -14.8. The van der Waals surface area contributed by atoms with Crippen LogP contribution in [0.1, 0.15) is 44.5 Å². The lowest BCUT2D eigenvalue weighted by atomic mass is 9.91. The molecule has 238 valence electrons. The summed E-state index contributed by atoms with van der Waals surface area (Å²) >= 11 is 3.26. The number of phenols is 1. The van der Waals surface area contributed by atoms with Crippen molar-refractivity contribution in [2.45, 2.75) is 40.4 Å². The molecule has 0 aromatic heterocycles. The van der Waals surface area contributed by atoms with Crippen molar-refractivity contribution >= 4 is 46.3 Å². The third-order valence-corrected chi connectivity index (χ3v) is 10.3. The van der Waals surface area contributed by atoms with Gasteiger partial charge in [-0.15, -0.1) is 17.2 Å². The van der Waals surface area contributed by atoms with Crippen LogP contribution in [0.3, 0.4) is 0 Å². The largest absolute Gasteiger partial charge is 0.872 e. The molecule has 0 spiro atoms. The molecular weight excluding hydrogens is 720 g/mol. The van der Waals surface area contributed by atoms with E-state index in [4.69, 9.17) is 0 Å². The first-order chi connectivity index (χ1) is 20.7. The average molecular weight is 741 g/mol. The van der Waals surface area contributed by atoms with Crippen molar-refractivity contribution in [3.63, 3.8) is 0 Å². The Morgan fingerprint density at radius 2 is 0.689 bits per heavy atom. The van der Waals surface area contributed by atoms with E-state index in [0.29, 0.717) is 4.47 Å². The predicted molar refractivity (Wildman–Crippen MR) is 154 cm³/mol. The average Bonchev–Trinajstić information content (AvgIpc) is 2.90. The van der Waals surface area contributed by atoms with Crippen molar-refractivity contribution < 1.29 is 59.3 Å². The van der Waals surface area contributed by atoms with Crippen LogP contribution in [0.2, 0.25) is 0 Å². The quantitative estimate of drug-likeness (QED) is 0.193. The molecule has 17 heteroatoms. The van der Waals surface area contributed by atoms with Gasteiger partial charge in [0.25, 0.3) is 30.4 Å². The highest BCUT2D eigenvalue weighted by atomic mass is 79.9. The standard InChI is InChI=1S/C28H23BrO13S3/c29-21-5-13-1-15-7-22(43(34,35)36)9-17(26(15)31)3-19-11-24(45(40,41)42)12-20(28(19)33)4-18-10-23(44(37,38)39)8-16(27(18)32)2-14(6-21)25(13)30/h5-12,30-33H,1-4H2,(H,34,35,36)(H,37,38,39)(H,40,41,42)/p-3. The Morgan fingerprint density at radius 3 is 0.956 bits per heavy atom. The summed E-state index contributed by atoms with van der Waals surface area (Å²) < 4.78 is 103. The fourth-order valence-electron chi connectivity index (χ4n) is 5.21. The van der Waals surface area contributed by atoms with Crippen LogP contribution in [-0.2, 0) is 56.0 Å². The smallest absolute Gasteiger partial charge is 0.294 e. The van der Waals surface area contributed by atoms with E-state index in [1.54, 1.807) is 0 Å². The summed E-state index contributed by atoms with van der Waals surface area (Å²) in [5.41, 5.74) is -1.95. The predicted octanol–water partition coefficient (Wildman–Crippen LogP) is 1.79. The first kappa shape index (κ1) is 32.7. The van der Waals surface area contributed by atoms with Gasteiger partial charge in [-0.1, -0.05) is 27.1 Å². The third kappa shape index (κ3) is 6.64. The van der Waals surface area contributed by atoms with Crippen molar-refractivity contribution in [1.29, 1.82) is 0 Å². The zero-order valence-corrected chi connectivity index (χ0v) is 26.5. The minimum Gasteiger partial charge on any atom is -0.872 e. The van der Waals surface area contributed by atoms with Gasteiger partial charge in [-0.25, -0.2) is 0 Å². The minimum absolute atomic E-state index is 0.0425. The van der Waals surface area contributed by atoms with Crippen molar-refractivity contribution in [3.8, 4) is 23.0 Å². The van der Waals surface area contributed by atoms with E-state index in [9.17, 15) is 59.3 Å². The van der Waals surface area contributed by atoms with E-state index in [-0.39, 0.29) is 44.5 Å². The Balaban J connectivity index is 1.89. The van der Waals surface area contributed by atoms with Crippen LogP contribution in [-0.4, -0.2) is 44.0 Å². The van der Waals surface area contributed by atoms with Gasteiger partial charge < -0.3 is 20.4 Å². The Labute approximate surface area is 265 Å². The van der Waals surface area contributed by atoms with Gasteiger partial charge in [0, 0.05) is 17.3 Å². The molecule has 0 heterocycles. The number of phenolic OH excluding ortho intramolecular Hbond substituents is 1. The lowest BCUT2D eigenvalue weighted by molar-refractivity contribution is -0.271. The van der Waals surface area contributed by atoms with Crippen molar-refractivity contribution in [3.05, 3.63) is 97.5 Å². The van der Waals surface area contributed by atoms with Gasteiger partial charge in [0.1, 0.15) is 5.75 Å². The Morgan fingerprint density at radius 1 is 0.467 bits per heavy atom. The molecular formula is C28H20BrO13S3-3. The molecule has 4 aromatic carbocycles. The first-order valence-electron chi connectivity index (χ1n) is 12.6. The fraction of sp³-hybridized carbons (Fsp3) is 0.143. The number of hydrogen-bond acceptors (Lipinski definition) is 10. The summed E-state index contributed by atoms with van der Waals surface area (Å²) in [4.78, 5) is -2.21. The van der Waals surface area contributed by atoms with Gasteiger partial charge in [-0.2, -0.15) is 25.3 Å². The molecule has 5 rings (SSSR count). The van der Waals surface area contributed by atoms with E-state index in [0.717, 1.165) is 36.4 Å². The monoisotopic (exact) mass is 739 g/mol. The van der Waals surface area contributed by atoms with Crippen LogP contribution in [0.5, 0.6) is 23.0 Å². The molecule has 1 aliphatic carbocycles. The Bertz CT molecular complexity index is 2110. The van der Waals surface area contributed by atoms with Crippen LogP contribution in [0.4, 0.5) is 0 Å². The van der Waals surface area contributed by atoms with Crippen LogP contribution in [0, 0.1) is 0 Å². The van der Waals surface area contributed by atoms with Gasteiger partial charge in [0.05, 0.1) is 14.7 Å². The molecule has 1 aliphatic rings. The van der Waals surface area contributed by atoms with Crippen molar-refractivity contribution in [1.82, 2.24) is 0 Å². The van der Waals surface area contributed by atoms with Gasteiger partial charge in [0.15, 0.2) is 0 Å². The molecule has 0 atom stereocenters. The molecule has 0 unspecified atom stereocenters. The SMILES string of the molecule is O=S(=O)(O)c1cc2c([O-])c(c1)Cc1cc(S(=O)(=O)O)cc(c1O)Cc1cc(S(=O)(=O)O)cc(c1[O-])Cc1cc(Br)cc(c1[O-])C2. The minimum atomic E-state index is -4.97. The molecule has 0 amide bonds. The van der Waals surface area contributed by atoms with Crippen molar-refractivity contribution in [2.75, 3.05) is 0 Å². The summed E-state index contributed by atoms with van der Waals surface area (Å²) in [6, 6.07) is 7.66. The van der Waals surface area contributed by atoms with Gasteiger partial charge in [-0.05, 0) is 94.8 Å². The van der Waals surface area contributed by atoms with Crippen LogP contribution >= 0.6 is 15.9 Å². The fourth-order valence-corrected chi connectivity index (χ4v) is 7.51. The number of benzene rings is 4. The number of fused-ring (bicyclic) bond motifs is 8. The molecule has 8 bridgehead atoms. The summed E-state index contributed by atoms with van der Waals surface area (Å²) in [6.45, 7) is 0. The maximum absolute atomic E-state index is 13.6. The topological polar surface area (TPSA) is 253 Å². The van der Waals surface area contributed by atoms with Crippen molar-refractivity contribution in [2.24, 2.45) is 0 Å². The number of halogens is 1. The lowest BCUT2D eigenvalue weighted by Gasteiger charge is -2.27.